The van der Waals surface area contributed by atoms with Gasteiger partial charge in [-0.25, -0.2) is 0 Å². The van der Waals surface area contributed by atoms with E-state index in [9.17, 15) is 4.79 Å². The van der Waals surface area contributed by atoms with E-state index in [0.717, 1.165) is 23.5 Å². The Bertz CT molecular complexity index is 448. The lowest BCUT2D eigenvalue weighted by molar-refractivity contribution is -0.117. The lowest BCUT2D eigenvalue weighted by Gasteiger charge is -2.10. The molecule has 2 N–H and O–H groups in total. The molecule has 1 aliphatic rings. The third kappa shape index (κ3) is 2.85. The third-order valence-corrected chi connectivity index (χ3v) is 3.93. The van der Waals surface area contributed by atoms with Crippen LogP contribution in [0.4, 0.5) is 5.69 Å². The molecule has 1 aromatic rings. The Hall–Kier alpha value is -1.04. The number of nitrogens with zero attached hydrogens (tertiary/aromatic N) is 1. The fraction of sp³-hybridized carbons (Fsp3) is 0.462. The van der Waals surface area contributed by atoms with Crippen LogP contribution in [0.3, 0.4) is 0 Å². The highest BCUT2D eigenvalue weighted by atomic mass is 32.2. The van der Waals surface area contributed by atoms with Crippen LogP contribution in [0, 0.1) is 0 Å². The number of likely N-dealkylation sites (N-methyl/N-ethyl adjacent to an activating group) is 1. The molecule has 0 spiro atoms. The molecule has 0 saturated heterocycles. The minimum atomic E-state index is -0.208. The van der Waals surface area contributed by atoms with Gasteiger partial charge in [-0.05, 0) is 33.3 Å². The van der Waals surface area contributed by atoms with Crippen LogP contribution >= 0.6 is 11.8 Å². The van der Waals surface area contributed by atoms with Crippen molar-refractivity contribution in [2.45, 2.75) is 10.9 Å². The molecule has 1 amide bonds. The van der Waals surface area contributed by atoms with E-state index in [2.05, 4.69) is 41.8 Å². The Morgan fingerprint density at radius 3 is 2.89 bits per heavy atom. The van der Waals surface area contributed by atoms with Crippen molar-refractivity contribution in [1.29, 1.82) is 0 Å². The fourth-order valence-electron chi connectivity index (χ4n) is 1.96. The fourth-order valence-corrected chi connectivity index (χ4v) is 3.02. The van der Waals surface area contributed by atoms with Gasteiger partial charge in [-0.2, -0.15) is 0 Å². The number of carbonyl (C=O) groups is 1. The standard InChI is InChI=1S/C13H19N3OS/c1-14-12-10-5-4-9(18-7-6-16(2)3)8-11(10)15-13(12)17/h4-5,8,12,14H,6-7H2,1-3H3,(H,15,17). The first-order valence-electron chi connectivity index (χ1n) is 6.01. The van der Waals surface area contributed by atoms with Crippen LogP contribution in [-0.4, -0.2) is 44.2 Å². The maximum absolute atomic E-state index is 11.7. The number of hydrogen-bond acceptors (Lipinski definition) is 4. The SMILES string of the molecule is CNC1C(=O)Nc2cc(SCCN(C)C)ccc21. The molecule has 0 fully saturated rings. The topological polar surface area (TPSA) is 44.4 Å². The van der Waals surface area contributed by atoms with Gasteiger partial charge in [0.05, 0.1) is 0 Å². The maximum atomic E-state index is 11.7. The first-order valence-corrected chi connectivity index (χ1v) is 7.00. The van der Waals surface area contributed by atoms with Crippen LogP contribution in [0.25, 0.3) is 0 Å². The van der Waals surface area contributed by atoms with E-state index < -0.39 is 0 Å². The number of carbonyl (C=O) groups excluding carboxylic acids is 1. The monoisotopic (exact) mass is 265 g/mol. The van der Waals surface area contributed by atoms with E-state index in [-0.39, 0.29) is 11.9 Å². The second-order valence-electron chi connectivity index (χ2n) is 4.61. The van der Waals surface area contributed by atoms with Gasteiger partial charge < -0.3 is 15.5 Å². The second kappa shape index (κ2) is 5.73. The molecule has 5 heteroatoms. The molecule has 0 bridgehead atoms. The Balaban J connectivity index is 2.05. The van der Waals surface area contributed by atoms with Gasteiger partial charge in [0.1, 0.15) is 6.04 Å². The minimum Gasteiger partial charge on any atom is -0.324 e. The van der Waals surface area contributed by atoms with E-state index in [1.165, 1.54) is 4.90 Å². The summed E-state index contributed by atoms with van der Waals surface area (Å²) in [5.74, 6) is 1.08. The van der Waals surface area contributed by atoms with Crippen molar-refractivity contribution in [3.05, 3.63) is 23.8 Å². The van der Waals surface area contributed by atoms with Gasteiger partial charge >= 0.3 is 0 Å². The van der Waals surface area contributed by atoms with Gasteiger partial charge in [-0.1, -0.05) is 6.07 Å². The maximum Gasteiger partial charge on any atom is 0.246 e. The highest BCUT2D eigenvalue weighted by Crippen LogP contribution is 2.33. The van der Waals surface area contributed by atoms with Crippen molar-refractivity contribution in [2.24, 2.45) is 0 Å². The predicted octanol–water partition coefficient (Wildman–Crippen LogP) is 1.55. The van der Waals surface area contributed by atoms with E-state index in [1.54, 1.807) is 7.05 Å². The summed E-state index contributed by atoms with van der Waals surface area (Å²) in [5.41, 5.74) is 1.98. The number of amides is 1. The lowest BCUT2D eigenvalue weighted by atomic mass is 10.1. The van der Waals surface area contributed by atoms with Crippen molar-refractivity contribution in [3.8, 4) is 0 Å². The Labute approximate surface area is 112 Å². The summed E-state index contributed by atoms with van der Waals surface area (Å²) in [7, 11) is 5.95. The largest absolute Gasteiger partial charge is 0.324 e. The first kappa shape index (κ1) is 13.4. The predicted molar refractivity (Wildman–Crippen MR) is 76.2 cm³/mol. The van der Waals surface area contributed by atoms with Gasteiger partial charge in [0, 0.05) is 28.4 Å². The van der Waals surface area contributed by atoms with Crippen molar-refractivity contribution in [2.75, 3.05) is 38.8 Å². The second-order valence-corrected chi connectivity index (χ2v) is 5.78. The minimum absolute atomic E-state index is 0.0305. The molecular formula is C13H19N3OS. The first-order chi connectivity index (χ1) is 8.61. The highest BCUT2D eigenvalue weighted by Gasteiger charge is 2.28. The summed E-state index contributed by atoms with van der Waals surface area (Å²) in [5, 5.41) is 5.93. The smallest absolute Gasteiger partial charge is 0.246 e. The molecule has 2 rings (SSSR count). The molecule has 18 heavy (non-hydrogen) atoms. The van der Waals surface area contributed by atoms with Crippen molar-refractivity contribution in [3.63, 3.8) is 0 Å². The third-order valence-electron chi connectivity index (χ3n) is 2.95. The molecule has 1 aromatic carbocycles. The van der Waals surface area contributed by atoms with Crippen LogP contribution in [0.1, 0.15) is 11.6 Å². The molecule has 0 saturated carbocycles. The molecule has 4 nitrogen and oxygen atoms in total. The van der Waals surface area contributed by atoms with Gasteiger partial charge in [0.15, 0.2) is 0 Å². The Morgan fingerprint density at radius 2 is 2.22 bits per heavy atom. The van der Waals surface area contributed by atoms with Crippen LogP contribution in [0.5, 0.6) is 0 Å². The zero-order valence-corrected chi connectivity index (χ0v) is 11.8. The number of anilines is 1. The van der Waals surface area contributed by atoms with Crippen molar-refractivity contribution in [1.82, 2.24) is 10.2 Å². The quantitative estimate of drug-likeness (QED) is 0.793. The Morgan fingerprint density at radius 1 is 1.44 bits per heavy atom. The average Bonchev–Trinajstić information content (AvgIpc) is 2.63. The van der Waals surface area contributed by atoms with Gasteiger partial charge in [0.2, 0.25) is 5.91 Å². The number of thioether (sulfide) groups is 1. The van der Waals surface area contributed by atoms with Crippen molar-refractivity contribution >= 4 is 23.4 Å². The zero-order valence-electron chi connectivity index (χ0n) is 11.0. The number of rotatable bonds is 5. The summed E-state index contributed by atoms with van der Waals surface area (Å²) in [6.07, 6.45) is 0. The summed E-state index contributed by atoms with van der Waals surface area (Å²) in [6.45, 7) is 1.05. The Kier molecular flexibility index (Phi) is 4.27. The van der Waals surface area contributed by atoms with E-state index >= 15 is 0 Å². The van der Waals surface area contributed by atoms with E-state index in [0.29, 0.717) is 0 Å². The summed E-state index contributed by atoms with van der Waals surface area (Å²) in [4.78, 5) is 15.1. The van der Waals surface area contributed by atoms with Gasteiger partial charge in [-0.15, -0.1) is 11.8 Å². The van der Waals surface area contributed by atoms with Gasteiger partial charge in [-0.3, -0.25) is 4.79 Å². The van der Waals surface area contributed by atoms with E-state index in [4.69, 9.17) is 0 Å². The molecule has 98 valence electrons. The molecule has 1 unspecified atom stereocenters. The molecular weight excluding hydrogens is 246 g/mol. The van der Waals surface area contributed by atoms with E-state index in [1.807, 2.05) is 17.8 Å². The van der Waals surface area contributed by atoms with Crippen LogP contribution in [0.2, 0.25) is 0 Å². The summed E-state index contributed by atoms with van der Waals surface area (Å²) in [6, 6.07) is 5.97. The summed E-state index contributed by atoms with van der Waals surface area (Å²) >= 11 is 1.81. The average molecular weight is 265 g/mol. The molecule has 0 aliphatic carbocycles. The molecule has 1 heterocycles. The van der Waals surface area contributed by atoms with Crippen molar-refractivity contribution < 1.29 is 4.79 Å². The van der Waals surface area contributed by atoms with Crippen LogP contribution in [-0.2, 0) is 4.79 Å². The van der Waals surface area contributed by atoms with Gasteiger partial charge in [0.25, 0.3) is 0 Å². The lowest BCUT2D eigenvalue weighted by Crippen LogP contribution is -2.23. The molecule has 0 aromatic heterocycles. The van der Waals surface area contributed by atoms with Crippen LogP contribution < -0.4 is 10.6 Å². The highest BCUT2D eigenvalue weighted by molar-refractivity contribution is 7.99. The van der Waals surface area contributed by atoms with Crippen LogP contribution in [0.15, 0.2) is 23.1 Å². The zero-order chi connectivity index (χ0) is 13.1. The number of benzene rings is 1. The number of nitrogens with one attached hydrogen (secondary N) is 2. The number of fused-ring (bicyclic) bond motifs is 1. The molecule has 1 aliphatic heterocycles. The normalized spacial score (nSPS) is 18.0. The summed E-state index contributed by atoms with van der Waals surface area (Å²) < 4.78 is 0. The number of hydrogen-bond donors (Lipinski definition) is 2. The molecule has 1 atom stereocenters. The molecule has 0 radical (unpaired) electrons.